The summed E-state index contributed by atoms with van der Waals surface area (Å²) in [5, 5.41) is 18.0. The van der Waals surface area contributed by atoms with Gasteiger partial charge in [-0.1, -0.05) is 64.1 Å². The molecule has 20 heteroatoms. The van der Waals surface area contributed by atoms with Crippen LogP contribution in [-0.2, 0) is 35.8 Å². The van der Waals surface area contributed by atoms with E-state index in [0.29, 0.717) is 69.6 Å². The molecule has 0 unspecified atom stereocenters. The minimum atomic E-state index is -1.36. The van der Waals surface area contributed by atoms with E-state index in [2.05, 4.69) is 46.7 Å². The fourth-order valence-corrected chi connectivity index (χ4v) is 9.43. The second kappa shape index (κ2) is 28.8. The molecule has 5 rings (SSSR count). The minimum absolute atomic E-state index is 0.0457. The molecule has 2 heterocycles. The molecule has 4 atom stereocenters. The zero-order valence-corrected chi connectivity index (χ0v) is 49.1. The Bertz CT molecular complexity index is 3000. The molecule has 4 bridgehead atoms. The highest BCUT2D eigenvalue weighted by atomic mass is 16.6. The third kappa shape index (κ3) is 18.2. The van der Waals surface area contributed by atoms with Crippen molar-refractivity contribution in [1.29, 1.82) is 5.26 Å². The molecule has 3 aromatic carbocycles. The number of ether oxygens (including phenoxy) is 3. The molecule has 0 spiro atoms. The summed E-state index contributed by atoms with van der Waals surface area (Å²) in [4.78, 5) is 105. The summed E-state index contributed by atoms with van der Waals surface area (Å²) in [6, 6.07) is 18.0. The summed E-state index contributed by atoms with van der Waals surface area (Å²) in [6.07, 6.45) is -0.674. The van der Waals surface area contributed by atoms with Gasteiger partial charge in [0.05, 0.1) is 48.0 Å². The van der Waals surface area contributed by atoms with Crippen molar-refractivity contribution < 1.29 is 43.0 Å². The SMILES string of the molecule is CN=C(N)CCCOc1ccc2cc1-c1cc(ccc1OCCNC(N)=NC)C[C@@H](C(=O)CCC#N)NC(=O)[C@H](C)CC(=O)[C@H]2N(C)C(=O)[C@H](CCNC(=O)OC(C)(C)C)CC(=O)c1c(C)nc(-c2ccc(C(C)(C)C)cc2)nc1C. The van der Waals surface area contributed by atoms with Gasteiger partial charge in [0, 0.05) is 88.3 Å². The third-order valence-electron chi connectivity index (χ3n) is 13.8. The summed E-state index contributed by atoms with van der Waals surface area (Å²) < 4.78 is 18.4. The fraction of sp³-hybridized carbons (Fsp3) is 0.492. The monoisotopic (exact) mass is 1110 g/mol. The number of nitrogens with two attached hydrogens (primary N) is 2. The summed E-state index contributed by atoms with van der Waals surface area (Å²) in [5.41, 5.74) is 16.0. The molecular formula is C61H81N11O9. The Morgan fingerprint density at radius 2 is 1.49 bits per heavy atom. The lowest BCUT2D eigenvalue weighted by molar-refractivity contribution is -0.142. The molecule has 0 aliphatic carbocycles. The topological polar surface area (TPSA) is 296 Å². The Morgan fingerprint density at radius 1 is 0.852 bits per heavy atom. The van der Waals surface area contributed by atoms with Crippen LogP contribution in [0, 0.1) is 37.0 Å². The van der Waals surface area contributed by atoms with Gasteiger partial charge < -0.3 is 46.5 Å². The molecule has 0 saturated carbocycles. The lowest BCUT2D eigenvalue weighted by Crippen LogP contribution is -2.46. The quantitative estimate of drug-likeness (QED) is 0.0232. The zero-order valence-electron chi connectivity index (χ0n) is 49.1. The van der Waals surface area contributed by atoms with Crippen molar-refractivity contribution in [3.63, 3.8) is 0 Å². The second-order valence-corrected chi connectivity index (χ2v) is 22.4. The molecular weight excluding hydrogens is 1030 g/mol. The van der Waals surface area contributed by atoms with E-state index >= 15 is 9.59 Å². The van der Waals surface area contributed by atoms with E-state index in [0.717, 1.165) is 11.1 Å². The first-order valence-corrected chi connectivity index (χ1v) is 27.4. The van der Waals surface area contributed by atoms with E-state index < -0.39 is 59.0 Å². The van der Waals surface area contributed by atoms with Crippen molar-refractivity contribution in [2.75, 3.05) is 47.4 Å². The van der Waals surface area contributed by atoms with E-state index in [1.54, 1.807) is 86.0 Å². The highest BCUT2D eigenvalue weighted by Gasteiger charge is 2.37. The Morgan fingerprint density at radius 3 is 2.11 bits per heavy atom. The molecule has 20 nitrogen and oxygen atoms in total. The van der Waals surface area contributed by atoms with Gasteiger partial charge in [0.2, 0.25) is 11.8 Å². The number of nitrogens with zero attached hydrogens (tertiary/aromatic N) is 6. The first-order chi connectivity index (χ1) is 38.2. The number of carbonyl (C=O) groups is 6. The number of carbonyl (C=O) groups excluding carboxylic acids is 6. The van der Waals surface area contributed by atoms with Crippen molar-refractivity contribution in [2.24, 2.45) is 33.3 Å². The van der Waals surface area contributed by atoms with Crippen LogP contribution in [0.3, 0.4) is 0 Å². The standard InChI is InChI=1S/C61H81N11O9/c1-36-31-49(75)54(72(12)57(77)42(25-27-68-59(78)81-61(7,8)9)35-48(74)53-37(2)69-55(70-38(53)3)40-18-21-43(22-19-40)60(4,5)6)41-20-24-51(79-29-14-16-52(63)65-10)45(34-41)44-32-39(17-23-50(44)80-30-28-67-58(64)66-11)33-46(71-56(36)76)47(73)15-13-26-62/h17-24,32,34,36,42,46,54H,13-16,25,27-31,33,35H2,1-12H3,(H2,63,65)(H,68,78)(H,71,76)(H3,64,66,67)/t36-,42-,46+,54+/m1/s1. The Kier molecular flexibility index (Phi) is 22.6. The van der Waals surface area contributed by atoms with Crippen LogP contribution < -0.4 is 36.9 Å². The number of aliphatic imine (C=N–C) groups is 2. The number of rotatable bonds is 21. The molecule has 1 aliphatic heterocycles. The number of likely N-dealkylation sites (N-methyl/N-ethyl adjacent to an activating group) is 1. The Hall–Kier alpha value is -8.21. The van der Waals surface area contributed by atoms with Crippen LogP contribution in [0.4, 0.5) is 4.79 Å². The molecule has 4 aromatic rings. The summed E-state index contributed by atoms with van der Waals surface area (Å²) in [7, 11) is 4.63. The fourth-order valence-electron chi connectivity index (χ4n) is 9.43. The second-order valence-electron chi connectivity index (χ2n) is 22.4. The van der Waals surface area contributed by atoms with E-state index in [-0.39, 0.29) is 87.5 Å². The highest BCUT2D eigenvalue weighted by Crippen LogP contribution is 2.41. The first kappa shape index (κ1) is 63.6. The van der Waals surface area contributed by atoms with Crippen molar-refractivity contribution in [1.82, 2.24) is 30.8 Å². The molecule has 1 aliphatic rings. The van der Waals surface area contributed by atoms with Gasteiger partial charge in [-0.15, -0.1) is 0 Å². The van der Waals surface area contributed by atoms with Crippen molar-refractivity contribution in [3.8, 4) is 40.1 Å². The first-order valence-electron chi connectivity index (χ1n) is 27.4. The minimum Gasteiger partial charge on any atom is -0.493 e. The molecule has 434 valence electrons. The van der Waals surface area contributed by atoms with Crippen molar-refractivity contribution in [2.45, 2.75) is 137 Å². The Labute approximate surface area is 476 Å². The smallest absolute Gasteiger partial charge is 0.407 e. The number of amidine groups is 1. The van der Waals surface area contributed by atoms with Gasteiger partial charge in [0.1, 0.15) is 29.7 Å². The van der Waals surface area contributed by atoms with Crippen LogP contribution in [0.1, 0.15) is 138 Å². The van der Waals surface area contributed by atoms with Gasteiger partial charge in [-0.05, 0) is 100 Å². The summed E-state index contributed by atoms with van der Waals surface area (Å²) in [6.45, 7) is 17.1. The Balaban J connectivity index is 1.66. The van der Waals surface area contributed by atoms with Gasteiger partial charge in [0.25, 0.3) is 0 Å². The predicted octanol–water partition coefficient (Wildman–Crippen LogP) is 7.60. The maximum absolute atomic E-state index is 15.4. The number of nitriles is 1. The molecule has 7 N–H and O–H groups in total. The number of hydrogen-bond acceptors (Lipinski definition) is 14. The maximum Gasteiger partial charge on any atom is 0.407 e. The number of benzene rings is 3. The van der Waals surface area contributed by atoms with Crippen LogP contribution in [0.2, 0.25) is 0 Å². The third-order valence-corrected chi connectivity index (χ3v) is 13.8. The van der Waals surface area contributed by atoms with Gasteiger partial charge in [0.15, 0.2) is 29.1 Å². The van der Waals surface area contributed by atoms with Crippen LogP contribution in [0.15, 0.2) is 70.6 Å². The number of Topliss-reactive ketones (excluding diaryl/α,β-unsaturated/α-hetero) is 3. The lowest BCUT2D eigenvalue weighted by Gasteiger charge is -2.32. The van der Waals surface area contributed by atoms with E-state index in [1.807, 2.05) is 36.4 Å². The normalized spacial score (nSPS) is 16.5. The number of fused-ring (bicyclic) bond motifs is 5. The number of aromatic nitrogens is 2. The molecule has 81 heavy (non-hydrogen) atoms. The predicted molar refractivity (Wildman–Crippen MR) is 312 cm³/mol. The van der Waals surface area contributed by atoms with E-state index in [1.165, 1.54) is 11.9 Å². The number of aryl methyl sites for hydroxylation is 2. The number of guanidine groups is 1. The van der Waals surface area contributed by atoms with E-state index in [9.17, 15) is 24.4 Å². The summed E-state index contributed by atoms with van der Waals surface area (Å²) >= 11 is 0. The highest BCUT2D eigenvalue weighted by molar-refractivity contribution is 6.01. The largest absolute Gasteiger partial charge is 0.493 e. The molecule has 1 aromatic heterocycles. The summed E-state index contributed by atoms with van der Waals surface area (Å²) in [5.74, 6) is -2.75. The van der Waals surface area contributed by atoms with Gasteiger partial charge in [-0.2, -0.15) is 5.26 Å². The molecule has 0 fully saturated rings. The lowest BCUT2D eigenvalue weighted by atomic mass is 9.86. The van der Waals surface area contributed by atoms with Crippen LogP contribution >= 0.6 is 0 Å². The van der Waals surface area contributed by atoms with Gasteiger partial charge in [-0.25, -0.2) is 14.8 Å². The average molecular weight is 1110 g/mol. The molecule has 0 saturated heterocycles. The number of hydrogen-bond donors (Lipinski definition) is 5. The number of amides is 3. The number of alkyl carbamates (subject to hydrolysis) is 1. The van der Waals surface area contributed by atoms with Crippen molar-refractivity contribution in [3.05, 3.63) is 94.3 Å². The average Bonchev–Trinajstić information content (AvgIpc) is 3.48. The number of nitrogens with one attached hydrogen (secondary N) is 3. The molecule has 3 amide bonds. The molecule has 0 radical (unpaired) electrons. The van der Waals surface area contributed by atoms with Crippen LogP contribution in [0.5, 0.6) is 11.5 Å². The van der Waals surface area contributed by atoms with E-state index in [4.69, 9.17) is 35.6 Å². The maximum atomic E-state index is 15.4. The van der Waals surface area contributed by atoms with Crippen molar-refractivity contribution >= 4 is 47.1 Å². The number of ketones is 3. The van der Waals surface area contributed by atoms with Crippen LogP contribution in [-0.4, -0.2) is 121 Å². The van der Waals surface area contributed by atoms with Gasteiger partial charge in [-0.3, -0.25) is 34.0 Å². The van der Waals surface area contributed by atoms with Gasteiger partial charge >= 0.3 is 6.09 Å². The zero-order chi connectivity index (χ0) is 59.8. The van der Waals surface area contributed by atoms with Crippen LogP contribution in [0.25, 0.3) is 22.5 Å².